The van der Waals surface area contributed by atoms with Crippen molar-refractivity contribution in [3.05, 3.63) is 76.6 Å². The smallest absolute Gasteiger partial charge is 0.276 e. The SMILES string of the molecule is Cc1cc(C)cc(NC(=O)c2ccn([C@@H](C)C(=O)Nc3cc(C)cc(C)c3)n2)c1. The first-order valence-corrected chi connectivity index (χ1v) is 9.55. The highest BCUT2D eigenvalue weighted by Crippen LogP contribution is 2.17. The van der Waals surface area contributed by atoms with Crippen molar-refractivity contribution in [2.45, 2.75) is 40.7 Å². The molecule has 29 heavy (non-hydrogen) atoms. The van der Waals surface area contributed by atoms with E-state index in [-0.39, 0.29) is 17.5 Å². The number of aryl methyl sites for hydroxylation is 4. The minimum absolute atomic E-state index is 0.195. The average molecular weight is 390 g/mol. The average Bonchev–Trinajstić information content (AvgIpc) is 3.09. The van der Waals surface area contributed by atoms with Gasteiger partial charge in [0.25, 0.3) is 5.91 Å². The van der Waals surface area contributed by atoms with Crippen LogP contribution in [-0.2, 0) is 4.79 Å². The van der Waals surface area contributed by atoms with Crippen LogP contribution in [0.25, 0.3) is 0 Å². The molecule has 0 spiro atoms. The van der Waals surface area contributed by atoms with Crippen LogP contribution in [0, 0.1) is 27.7 Å². The molecule has 2 amide bonds. The highest BCUT2D eigenvalue weighted by molar-refractivity contribution is 6.03. The highest BCUT2D eigenvalue weighted by atomic mass is 16.2. The van der Waals surface area contributed by atoms with E-state index in [1.165, 1.54) is 4.68 Å². The Hall–Kier alpha value is -3.41. The lowest BCUT2D eigenvalue weighted by atomic mass is 10.1. The molecule has 6 heteroatoms. The summed E-state index contributed by atoms with van der Waals surface area (Å²) in [6, 6.07) is 12.8. The maximum atomic E-state index is 12.6. The van der Waals surface area contributed by atoms with E-state index in [2.05, 4.69) is 15.7 Å². The fourth-order valence-electron chi connectivity index (χ4n) is 3.33. The molecule has 0 unspecified atom stereocenters. The van der Waals surface area contributed by atoms with E-state index in [9.17, 15) is 9.59 Å². The molecule has 0 fully saturated rings. The summed E-state index contributed by atoms with van der Waals surface area (Å²) in [5, 5.41) is 10.1. The zero-order valence-corrected chi connectivity index (χ0v) is 17.4. The Morgan fingerprint density at radius 2 is 1.31 bits per heavy atom. The Balaban J connectivity index is 1.69. The first-order chi connectivity index (χ1) is 13.7. The lowest BCUT2D eigenvalue weighted by Gasteiger charge is -2.13. The third kappa shape index (κ3) is 5.10. The predicted molar refractivity (Wildman–Crippen MR) is 115 cm³/mol. The summed E-state index contributed by atoms with van der Waals surface area (Å²) in [4.78, 5) is 25.1. The van der Waals surface area contributed by atoms with Gasteiger partial charge in [-0.15, -0.1) is 0 Å². The lowest BCUT2D eigenvalue weighted by molar-refractivity contribution is -0.119. The van der Waals surface area contributed by atoms with Crippen LogP contribution in [0.5, 0.6) is 0 Å². The third-order valence-electron chi connectivity index (χ3n) is 4.59. The number of carbonyl (C=O) groups excluding carboxylic acids is 2. The molecule has 0 saturated heterocycles. The molecule has 1 atom stereocenters. The van der Waals surface area contributed by atoms with Gasteiger partial charge >= 0.3 is 0 Å². The van der Waals surface area contributed by atoms with Crippen LogP contribution in [0.2, 0.25) is 0 Å². The molecule has 2 N–H and O–H groups in total. The molecule has 0 bridgehead atoms. The van der Waals surface area contributed by atoms with Gasteiger partial charge < -0.3 is 10.6 Å². The Morgan fingerprint density at radius 1 is 0.828 bits per heavy atom. The summed E-state index contributed by atoms with van der Waals surface area (Å²) in [5.74, 6) is -0.505. The van der Waals surface area contributed by atoms with Crippen molar-refractivity contribution in [1.82, 2.24) is 9.78 Å². The first-order valence-electron chi connectivity index (χ1n) is 9.55. The van der Waals surface area contributed by atoms with Gasteiger partial charge in [0, 0.05) is 17.6 Å². The van der Waals surface area contributed by atoms with Crippen molar-refractivity contribution >= 4 is 23.2 Å². The Morgan fingerprint density at radius 3 is 1.83 bits per heavy atom. The molecular formula is C23H26N4O2. The summed E-state index contributed by atoms with van der Waals surface area (Å²) in [6.07, 6.45) is 1.64. The quantitative estimate of drug-likeness (QED) is 0.670. The van der Waals surface area contributed by atoms with Crippen LogP contribution in [0.15, 0.2) is 48.7 Å². The molecule has 6 nitrogen and oxygen atoms in total. The topological polar surface area (TPSA) is 76.0 Å². The van der Waals surface area contributed by atoms with E-state index in [1.807, 2.05) is 64.1 Å². The van der Waals surface area contributed by atoms with E-state index in [1.54, 1.807) is 19.2 Å². The van der Waals surface area contributed by atoms with Crippen LogP contribution in [0.3, 0.4) is 0 Å². The lowest BCUT2D eigenvalue weighted by Crippen LogP contribution is -2.24. The normalized spacial score (nSPS) is 11.8. The van der Waals surface area contributed by atoms with Gasteiger partial charge in [0.05, 0.1) is 0 Å². The number of amides is 2. The predicted octanol–water partition coefficient (Wildman–Crippen LogP) is 4.57. The van der Waals surface area contributed by atoms with Gasteiger partial charge in [-0.3, -0.25) is 14.3 Å². The van der Waals surface area contributed by atoms with E-state index >= 15 is 0 Å². The molecule has 3 aromatic rings. The summed E-state index contributed by atoms with van der Waals surface area (Å²) >= 11 is 0. The molecule has 3 rings (SSSR count). The minimum Gasteiger partial charge on any atom is -0.324 e. The summed E-state index contributed by atoms with van der Waals surface area (Å²) in [6.45, 7) is 9.68. The van der Waals surface area contributed by atoms with E-state index in [0.29, 0.717) is 0 Å². The molecule has 2 aromatic carbocycles. The van der Waals surface area contributed by atoms with Gasteiger partial charge in [-0.1, -0.05) is 12.1 Å². The number of nitrogens with zero attached hydrogens (tertiary/aromatic N) is 2. The maximum Gasteiger partial charge on any atom is 0.276 e. The van der Waals surface area contributed by atoms with Crippen molar-refractivity contribution in [2.75, 3.05) is 10.6 Å². The molecular weight excluding hydrogens is 364 g/mol. The summed E-state index contributed by atoms with van der Waals surface area (Å²) in [5.41, 5.74) is 6.04. The summed E-state index contributed by atoms with van der Waals surface area (Å²) < 4.78 is 1.49. The second kappa shape index (κ2) is 8.31. The largest absolute Gasteiger partial charge is 0.324 e. The molecule has 1 aromatic heterocycles. The van der Waals surface area contributed by atoms with Crippen molar-refractivity contribution in [3.63, 3.8) is 0 Å². The molecule has 0 aliphatic carbocycles. The fourth-order valence-corrected chi connectivity index (χ4v) is 3.33. The monoisotopic (exact) mass is 390 g/mol. The van der Waals surface area contributed by atoms with Crippen LogP contribution in [-0.4, -0.2) is 21.6 Å². The Labute approximate surface area is 170 Å². The van der Waals surface area contributed by atoms with E-state index in [0.717, 1.165) is 33.6 Å². The van der Waals surface area contributed by atoms with Gasteiger partial charge in [0.2, 0.25) is 5.91 Å². The number of hydrogen-bond donors (Lipinski definition) is 2. The molecule has 150 valence electrons. The highest BCUT2D eigenvalue weighted by Gasteiger charge is 2.18. The number of rotatable bonds is 5. The Bertz CT molecular complexity index is 1030. The van der Waals surface area contributed by atoms with E-state index < -0.39 is 6.04 Å². The number of carbonyl (C=O) groups is 2. The van der Waals surface area contributed by atoms with Crippen LogP contribution in [0.4, 0.5) is 11.4 Å². The second-order valence-electron chi connectivity index (χ2n) is 7.55. The number of hydrogen-bond acceptors (Lipinski definition) is 3. The number of aromatic nitrogens is 2. The molecule has 1 heterocycles. The molecule has 0 aliphatic rings. The Kier molecular flexibility index (Phi) is 5.82. The number of nitrogens with one attached hydrogen (secondary N) is 2. The maximum absolute atomic E-state index is 12.6. The standard InChI is InChI=1S/C23H26N4O2/c1-14-8-15(2)11-19(10-14)24-22(28)18(5)27-7-6-21(26-27)23(29)25-20-12-16(3)9-17(4)13-20/h6-13,18H,1-5H3,(H,24,28)(H,25,29)/t18-/m0/s1. The van der Waals surface area contributed by atoms with Crippen molar-refractivity contribution in [1.29, 1.82) is 0 Å². The van der Waals surface area contributed by atoms with Crippen molar-refractivity contribution in [2.24, 2.45) is 0 Å². The number of benzene rings is 2. The van der Waals surface area contributed by atoms with Gasteiger partial charge in [0.1, 0.15) is 6.04 Å². The van der Waals surface area contributed by atoms with Crippen molar-refractivity contribution in [3.8, 4) is 0 Å². The van der Waals surface area contributed by atoms with Gasteiger partial charge in [-0.2, -0.15) is 5.10 Å². The minimum atomic E-state index is -0.557. The van der Waals surface area contributed by atoms with Crippen LogP contribution < -0.4 is 10.6 Å². The zero-order chi connectivity index (χ0) is 21.1. The van der Waals surface area contributed by atoms with Crippen molar-refractivity contribution < 1.29 is 9.59 Å². The third-order valence-corrected chi connectivity index (χ3v) is 4.59. The number of anilines is 2. The molecule has 0 radical (unpaired) electrons. The van der Waals surface area contributed by atoms with Gasteiger partial charge in [0.15, 0.2) is 5.69 Å². The van der Waals surface area contributed by atoms with E-state index in [4.69, 9.17) is 0 Å². The van der Waals surface area contributed by atoms with Crippen LogP contribution in [0.1, 0.15) is 45.7 Å². The fraction of sp³-hybridized carbons (Fsp3) is 0.261. The van der Waals surface area contributed by atoms with Gasteiger partial charge in [-0.25, -0.2) is 0 Å². The zero-order valence-electron chi connectivity index (χ0n) is 17.4. The first kappa shape index (κ1) is 20.3. The molecule has 0 saturated carbocycles. The molecule has 0 aliphatic heterocycles. The van der Waals surface area contributed by atoms with Gasteiger partial charge in [-0.05, 0) is 87.2 Å². The second-order valence-corrected chi connectivity index (χ2v) is 7.55. The van der Waals surface area contributed by atoms with Crippen LogP contribution >= 0.6 is 0 Å². The summed E-state index contributed by atoms with van der Waals surface area (Å²) in [7, 11) is 0.